The predicted octanol–water partition coefficient (Wildman–Crippen LogP) is -1.82. The molecule has 1 rings (SSSR count). The van der Waals surface area contributed by atoms with Gasteiger partial charge in [0.25, 0.3) is 0 Å². The Kier molecular flexibility index (Phi) is 4.45. The Bertz CT molecular complexity index is 199. The average molecular weight is 221 g/mol. The SMILES string of the molecule is CC(C)O[C@@H]1O[C@@H](CO)[C@@H](O)[C@@H](O)[C@@H]1N. The number of ether oxygens (including phenoxy) is 2. The third kappa shape index (κ3) is 2.87. The van der Waals surface area contributed by atoms with E-state index in [0.29, 0.717) is 0 Å². The molecule has 90 valence electrons. The summed E-state index contributed by atoms with van der Waals surface area (Å²) >= 11 is 0. The summed E-state index contributed by atoms with van der Waals surface area (Å²) in [5.74, 6) is 0. The van der Waals surface area contributed by atoms with Crippen molar-refractivity contribution in [3.8, 4) is 0 Å². The second kappa shape index (κ2) is 5.20. The largest absolute Gasteiger partial charge is 0.394 e. The van der Waals surface area contributed by atoms with E-state index in [1.54, 1.807) is 13.8 Å². The molecule has 0 aromatic rings. The molecule has 0 aromatic heterocycles. The van der Waals surface area contributed by atoms with Crippen molar-refractivity contribution in [2.24, 2.45) is 5.73 Å². The maximum atomic E-state index is 9.58. The fraction of sp³-hybridized carbons (Fsp3) is 1.00. The van der Waals surface area contributed by atoms with Crippen LogP contribution in [0.25, 0.3) is 0 Å². The second-order valence-electron chi connectivity index (χ2n) is 3.97. The van der Waals surface area contributed by atoms with E-state index in [4.69, 9.17) is 20.3 Å². The van der Waals surface area contributed by atoms with E-state index in [1.807, 2.05) is 0 Å². The van der Waals surface area contributed by atoms with Crippen molar-refractivity contribution in [1.29, 1.82) is 0 Å². The molecule has 0 spiro atoms. The number of hydrogen-bond donors (Lipinski definition) is 4. The van der Waals surface area contributed by atoms with Gasteiger partial charge in [-0.25, -0.2) is 0 Å². The Balaban J connectivity index is 2.65. The summed E-state index contributed by atoms with van der Waals surface area (Å²) < 4.78 is 10.6. The van der Waals surface area contributed by atoms with Crippen LogP contribution in [0.2, 0.25) is 0 Å². The Labute approximate surface area is 88.6 Å². The highest BCUT2D eigenvalue weighted by Crippen LogP contribution is 2.21. The molecule has 5 atom stereocenters. The van der Waals surface area contributed by atoms with Gasteiger partial charge in [0.1, 0.15) is 18.3 Å². The van der Waals surface area contributed by atoms with Crippen molar-refractivity contribution in [3.63, 3.8) is 0 Å². The van der Waals surface area contributed by atoms with Crippen molar-refractivity contribution in [2.75, 3.05) is 6.61 Å². The topological polar surface area (TPSA) is 105 Å². The van der Waals surface area contributed by atoms with Crippen LogP contribution in [0.4, 0.5) is 0 Å². The summed E-state index contributed by atoms with van der Waals surface area (Å²) in [5.41, 5.74) is 5.64. The smallest absolute Gasteiger partial charge is 0.176 e. The van der Waals surface area contributed by atoms with Gasteiger partial charge >= 0.3 is 0 Å². The first-order valence-corrected chi connectivity index (χ1v) is 5.01. The predicted molar refractivity (Wildman–Crippen MR) is 52.0 cm³/mol. The molecule has 0 unspecified atom stereocenters. The van der Waals surface area contributed by atoms with E-state index < -0.39 is 30.6 Å². The van der Waals surface area contributed by atoms with E-state index in [0.717, 1.165) is 0 Å². The van der Waals surface area contributed by atoms with Gasteiger partial charge in [-0.1, -0.05) is 0 Å². The fourth-order valence-corrected chi connectivity index (χ4v) is 1.49. The maximum Gasteiger partial charge on any atom is 0.176 e. The lowest BCUT2D eigenvalue weighted by molar-refractivity contribution is -0.274. The molecular weight excluding hydrogens is 202 g/mol. The van der Waals surface area contributed by atoms with Crippen LogP contribution in [-0.2, 0) is 9.47 Å². The summed E-state index contributed by atoms with van der Waals surface area (Å²) in [5, 5.41) is 28.0. The van der Waals surface area contributed by atoms with Gasteiger partial charge in [0.05, 0.1) is 18.8 Å². The van der Waals surface area contributed by atoms with Crippen LogP contribution in [0.3, 0.4) is 0 Å². The normalized spacial score (nSPS) is 42.2. The maximum absolute atomic E-state index is 9.58. The summed E-state index contributed by atoms with van der Waals surface area (Å²) in [4.78, 5) is 0. The van der Waals surface area contributed by atoms with E-state index >= 15 is 0 Å². The first-order chi connectivity index (χ1) is 6.97. The van der Waals surface area contributed by atoms with Gasteiger partial charge in [-0.3, -0.25) is 0 Å². The van der Waals surface area contributed by atoms with Crippen molar-refractivity contribution in [1.82, 2.24) is 0 Å². The number of hydrogen-bond acceptors (Lipinski definition) is 6. The Hall–Kier alpha value is -0.240. The minimum Gasteiger partial charge on any atom is -0.394 e. The summed E-state index contributed by atoms with van der Waals surface area (Å²) in [6.07, 6.45) is -4.11. The Morgan fingerprint density at radius 3 is 2.40 bits per heavy atom. The quantitative estimate of drug-likeness (QED) is 0.447. The lowest BCUT2D eigenvalue weighted by Crippen LogP contribution is -2.62. The van der Waals surface area contributed by atoms with E-state index in [2.05, 4.69) is 0 Å². The molecule has 0 aliphatic carbocycles. The van der Waals surface area contributed by atoms with Crippen molar-refractivity contribution in [2.45, 2.75) is 50.6 Å². The summed E-state index contributed by atoms with van der Waals surface area (Å²) in [6, 6.07) is -0.815. The van der Waals surface area contributed by atoms with E-state index in [-0.39, 0.29) is 12.7 Å². The zero-order valence-corrected chi connectivity index (χ0v) is 8.91. The molecule has 1 aliphatic heterocycles. The van der Waals surface area contributed by atoms with Gasteiger partial charge in [-0.05, 0) is 13.8 Å². The highest BCUT2D eigenvalue weighted by Gasteiger charge is 2.43. The monoisotopic (exact) mass is 221 g/mol. The van der Waals surface area contributed by atoms with Crippen LogP contribution >= 0.6 is 0 Å². The molecule has 0 saturated carbocycles. The minimum atomic E-state index is -1.18. The molecule has 1 aliphatic rings. The summed E-state index contributed by atoms with van der Waals surface area (Å²) in [7, 11) is 0. The number of aliphatic hydroxyl groups excluding tert-OH is 3. The standard InChI is InChI=1S/C9H19NO5/c1-4(2)14-9-6(10)8(13)7(12)5(3-11)15-9/h4-9,11-13H,3,10H2,1-2H3/t5-,6-,7+,8-,9+/m0/s1. The van der Waals surface area contributed by atoms with E-state index in [9.17, 15) is 10.2 Å². The highest BCUT2D eigenvalue weighted by atomic mass is 16.7. The minimum absolute atomic E-state index is 0.108. The van der Waals surface area contributed by atoms with Crippen LogP contribution in [0.15, 0.2) is 0 Å². The molecule has 6 heteroatoms. The van der Waals surface area contributed by atoms with Gasteiger partial charge in [0.15, 0.2) is 6.29 Å². The molecule has 0 aromatic carbocycles. The molecule has 0 amide bonds. The summed E-state index contributed by atoms with van der Waals surface area (Å²) in [6.45, 7) is 3.23. The molecule has 0 bridgehead atoms. The van der Waals surface area contributed by atoms with Crippen LogP contribution in [-0.4, -0.2) is 58.7 Å². The third-order valence-corrected chi connectivity index (χ3v) is 2.33. The average Bonchev–Trinajstić information content (AvgIpc) is 2.18. The van der Waals surface area contributed by atoms with Gasteiger partial charge in [-0.15, -0.1) is 0 Å². The first kappa shape index (κ1) is 12.8. The van der Waals surface area contributed by atoms with Crippen LogP contribution in [0, 0.1) is 0 Å². The van der Waals surface area contributed by atoms with Crippen molar-refractivity contribution in [3.05, 3.63) is 0 Å². The molecule has 5 N–H and O–H groups in total. The zero-order valence-electron chi connectivity index (χ0n) is 8.91. The highest BCUT2D eigenvalue weighted by molar-refractivity contribution is 4.91. The second-order valence-corrected chi connectivity index (χ2v) is 3.97. The van der Waals surface area contributed by atoms with Crippen LogP contribution < -0.4 is 5.73 Å². The van der Waals surface area contributed by atoms with Gasteiger partial charge in [0, 0.05) is 0 Å². The lowest BCUT2D eigenvalue weighted by atomic mass is 9.98. The molecule has 0 radical (unpaired) electrons. The van der Waals surface area contributed by atoms with Crippen LogP contribution in [0.1, 0.15) is 13.8 Å². The Morgan fingerprint density at radius 1 is 1.33 bits per heavy atom. The fourth-order valence-electron chi connectivity index (χ4n) is 1.49. The van der Waals surface area contributed by atoms with Gasteiger partial charge in [0.2, 0.25) is 0 Å². The van der Waals surface area contributed by atoms with Gasteiger partial charge in [-0.2, -0.15) is 0 Å². The van der Waals surface area contributed by atoms with Crippen molar-refractivity contribution < 1.29 is 24.8 Å². The van der Waals surface area contributed by atoms with Gasteiger partial charge < -0.3 is 30.5 Å². The zero-order chi connectivity index (χ0) is 11.6. The number of nitrogens with two attached hydrogens (primary N) is 1. The molecule has 1 fully saturated rings. The molecule has 15 heavy (non-hydrogen) atoms. The first-order valence-electron chi connectivity index (χ1n) is 5.01. The lowest BCUT2D eigenvalue weighted by Gasteiger charge is -2.40. The number of rotatable bonds is 3. The molecule has 1 heterocycles. The van der Waals surface area contributed by atoms with Crippen LogP contribution in [0.5, 0.6) is 0 Å². The molecule has 1 saturated heterocycles. The van der Waals surface area contributed by atoms with E-state index in [1.165, 1.54) is 0 Å². The Morgan fingerprint density at radius 2 is 1.93 bits per heavy atom. The third-order valence-electron chi connectivity index (χ3n) is 2.33. The van der Waals surface area contributed by atoms with Crippen molar-refractivity contribution >= 4 is 0 Å². The molecular formula is C9H19NO5. The molecule has 6 nitrogen and oxygen atoms in total. The number of aliphatic hydroxyl groups is 3.